The fourth-order valence-electron chi connectivity index (χ4n) is 9.72. The first kappa shape index (κ1) is 32.6. The molecule has 7 heterocycles. The minimum absolute atomic E-state index is 0.0512. The van der Waals surface area contributed by atoms with Crippen molar-refractivity contribution in [2.24, 2.45) is 16.3 Å². The van der Waals surface area contributed by atoms with Gasteiger partial charge >= 0.3 is 0 Å². The number of amides is 3. The van der Waals surface area contributed by atoms with E-state index in [9.17, 15) is 14.4 Å². The van der Waals surface area contributed by atoms with E-state index in [0.717, 1.165) is 93.9 Å². The topological polar surface area (TPSA) is 101 Å². The number of fused-ring (bicyclic) bond motifs is 2. The van der Waals surface area contributed by atoms with Gasteiger partial charge in [-0.2, -0.15) is 0 Å². The third kappa shape index (κ3) is 6.54. The van der Waals surface area contributed by atoms with Crippen LogP contribution in [0.5, 0.6) is 0 Å². The molecule has 10 heteroatoms. The standard InChI is InChI=1S/C39H51N7O3/c1-27-19-28(21-30-24-41-25-33(27)30)20-29(38(49)45-18-10-39(26-45)8-16-43(17-9-39)31-4-12-40-13-5-31)22-36(47)44-14-6-32(7-15-44)46-35-3-2-11-42-34(35)23-37(46)48/h2-3,11,19,21,24,29,31-32,40H,4-10,12-18,20,22-23,25-26H2,1H3/t29-/m0/s1. The van der Waals surface area contributed by atoms with Crippen LogP contribution in [0.2, 0.25) is 0 Å². The van der Waals surface area contributed by atoms with Crippen molar-refractivity contribution in [3.05, 3.63) is 58.4 Å². The number of likely N-dealkylation sites (tertiary alicyclic amines) is 3. The molecule has 1 N–H and O–H groups in total. The van der Waals surface area contributed by atoms with Crippen molar-refractivity contribution in [2.75, 3.05) is 57.3 Å². The number of benzene rings is 1. The second-order valence-corrected chi connectivity index (χ2v) is 15.6. The molecule has 0 bridgehead atoms. The molecule has 0 unspecified atom stereocenters. The van der Waals surface area contributed by atoms with Gasteiger partial charge in [0.1, 0.15) is 0 Å². The predicted molar refractivity (Wildman–Crippen MR) is 190 cm³/mol. The van der Waals surface area contributed by atoms with Crippen molar-refractivity contribution in [1.82, 2.24) is 25.0 Å². The Morgan fingerprint density at radius 2 is 1.76 bits per heavy atom. The zero-order chi connectivity index (χ0) is 33.5. The van der Waals surface area contributed by atoms with Crippen LogP contribution in [0, 0.1) is 18.3 Å². The first-order valence-electron chi connectivity index (χ1n) is 18.8. The number of piperidine rings is 3. The van der Waals surface area contributed by atoms with Crippen LogP contribution in [0.3, 0.4) is 0 Å². The van der Waals surface area contributed by atoms with E-state index < -0.39 is 5.92 Å². The molecule has 10 nitrogen and oxygen atoms in total. The lowest BCUT2D eigenvalue weighted by Crippen LogP contribution is -2.50. The highest BCUT2D eigenvalue weighted by molar-refractivity contribution is 6.01. The lowest BCUT2D eigenvalue weighted by Gasteiger charge is -2.44. The van der Waals surface area contributed by atoms with E-state index >= 15 is 0 Å². The third-order valence-corrected chi connectivity index (χ3v) is 12.6. The number of aryl methyl sites for hydroxylation is 1. The number of carbonyl (C=O) groups is 3. The largest absolute Gasteiger partial charge is 0.343 e. The summed E-state index contributed by atoms with van der Waals surface area (Å²) in [5.74, 6) is -0.113. The summed E-state index contributed by atoms with van der Waals surface area (Å²) in [6.45, 7) is 10.1. The van der Waals surface area contributed by atoms with Crippen molar-refractivity contribution in [1.29, 1.82) is 0 Å². The lowest BCUT2D eigenvalue weighted by molar-refractivity contribution is -0.141. The molecule has 49 heavy (non-hydrogen) atoms. The van der Waals surface area contributed by atoms with E-state index in [-0.39, 0.29) is 35.6 Å². The van der Waals surface area contributed by atoms with Crippen molar-refractivity contribution in [3.8, 4) is 0 Å². The Hall–Kier alpha value is -3.63. The zero-order valence-corrected chi connectivity index (χ0v) is 29.0. The number of aromatic nitrogens is 1. The monoisotopic (exact) mass is 665 g/mol. The van der Waals surface area contributed by atoms with Gasteiger partial charge < -0.3 is 24.9 Å². The molecule has 260 valence electrons. The van der Waals surface area contributed by atoms with E-state index in [1.807, 2.05) is 28.1 Å². The minimum atomic E-state index is -0.399. The number of nitrogens with zero attached hydrogens (tertiary/aromatic N) is 6. The van der Waals surface area contributed by atoms with Crippen LogP contribution in [-0.2, 0) is 33.8 Å². The molecule has 2 aromatic rings. The Kier molecular flexibility index (Phi) is 9.03. The van der Waals surface area contributed by atoms with E-state index in [1.54, 1.807) is 6.20 Å². The number of hydrogen-bond acceptors (Lipinski definition) is 7. The van der Waals surface area contributed by atoms with Gasteiger partial charge in [-0.1, -0.05) is 6.07 Å². The van der Waals surface area contributed by atoms with Crippen molar-refractivity contribution in [3.63, 3.8) is 0 Å². The van der Waals surface area contributed by atoms with Crippen LogP contribution >= 0.6 is 0 Å². The number of carbonyl (C=O) groups excluding carboxylic acids is 3. The predicted octanol–water partition coefficient (Wildman–Crippen LogP) is 3.52. The second kappa shape index (κ2) is 13.6. The minimum Gasteiger partial charge on any atom is -0.343 e. The summed E-state index contributed by atoms with van der Waals surface area (Å²) in [5.41, 5.74) is 6.68. The third-order valence-electron chi connectivity index (χ3n) is 12.6. The normalized spacial score (nSPS) is 23.4. The van der Waals surface area contributed by atoms with E-state index in [0.29, 0.717) is 38.5 Å². The molecule has 3 amide bonds. The maximum Gasteiger partial charge on any atom is 0.233 e. The average molecular weight is 666 g/mol. The highest BCUT2D eigenvalue weighted by atomic mass is 16.2. The molecule has 4 fully saturated rings. The van der Waals surface area contributed by atoms with Crippen LogP contribution in [-0.4, -0.2) is 108 Å². The number of anilines is 1. The maximum absolute atomic E-state index is 14.5. The summed E-state index contributed by atoms with van der Waals surface area (Å²) in [6.07, 6.45) is 12.1. The van der Waals surface area contributed by atoms with Gasteiger partial charge in [0.15, 0.2) is 0 Å². The van der Waals surface area contributed by atoms with Gasteiger partial charge in [0.05, 0.1) is 30.3 Å². The van der Waals surface area contributed by atoms with Crippen LogP contribution in [0.1, 0.15) is 79.3 Å². The molecule has 6 aliphatic heterocycles. The van der Waals surface area contributed by atoms with Gasteiger partial charge in [0, 0.05) is 57.1 Å². The average Bonchev–Trinajstić information content (AvgIpc) is 3.86. The molecule has 0 aliphatic carbocycles. The molecular formula is C39H51N7O3. The molecular weight excluding hydrogens is 614 g/mol. The molecule has 0 saturated carbocycles. The summed E-state index contributed by atoms with van der Waals surface area (Å²) >= 11 is 0. The summed E-state index contributed by atoms with van der Waals surface area (Å²) in [7, 11) is 0. The molecule has 0 radical (unpaired) electrons. The number of rotatable bonds is 7. The van der Waals surface area contributed by atoms with Crippen LogP contribution in [0.15, 0.2) is 35.5 Å². The maximum atomic E-state index is 14.5. The van der Waals surface area contributed by atoms with Crippen LogP contribution in [0.25, 0.3) is 0 Å². The van der Waals surface area contributed by atoms with Crippen molar-refractivity contribution < 1.29 is 14.4 Å². The van der Waals surface area contributed by atoms with Crippen molar-refractivity contribution >= 4 is 29.6 Å². The quantitative estimate of drug-likeness (QED) is 0.486. The van der Waals surface area contributed by atoms with Gasteiger partial charge in [-0.15, -0.1) is 0 Å². The molecule has 1 aromatic carbocycles. The highest BCUT2D eigenvalue weighted by Crippen LogP contribution is 2.42. The lowest BCUT2D eigenvalue weighted by atomic mass is 9.77. The van der Waals surface area contributed by atoms with Crippen LogP contribution in [0.4, 0.5) is 5.69 Å². The molecule has 8 rings (SSSR count). The zero-order valence-electron chi connectivity index (χ0n) is 29.0. The Balaban J connectivity index is 0.937. The van der Waals surface area contributed by atoms with Crippen molar-refractivity contribution in [2.45, 2.75) is 89.8 Å². The SMILES string of the molecule is Cc1cc(C[C@@H](CC(=O)N2CCC(N3C(=O)Cc4ncccc43)CC2)C(=O)N2CCC3(CCN(C4CCNCC4)CC3)C2)cc2c1CN=C2. The Morgan fingerprint density at radius 3 is 2.55 bits per heavy atom. The first-order valence-corrected chi connectivity index (χ1v) is 18.8. The summed E-state index contributed by atoms with van der Waals surface area (Å²) in [6, 6.07) is 9.01. The smallest absolute Gasteiger partial charge is 0.233 e. The number of hydrogen-bond donors (Lipinski definition) is 1. The summed E-state index contributed by atoms with van der Waals surface area (Å²) < 4.78 is 0. The second-order valence-electron chi connectivity index (χ2n) is 15.6. The van der Waals surface area contributed by atoms with Crippen LogP contribution < -0.4 is 10.2 Å². The molecule has 1 spiro atoms. The fraction of sp³-hybridized carbons (Fsp3) is 0.615. The van der Waals surface area contributed by atoms with E-state index in [1.165, 1.54) is 24.0 Å². The molecule has 4 saturated heterocycles. The van der Waals surface area contributed by atoms with Gasteiger partial charge in [0.25, 0.3) is 0 Å². The highest BCUT2D eigenvalue weighted by Gasteiger charge is 2.45. The number of pyridine rings is 1. The number of nitrogens with one attached hydrogen (secondary N) is 1. The van der Waals surface area contributed by atoms with Gasteiger partial charge in [-0.05, 0) is 130 Å². The Bertz CT molecular complexity index is 1620. The van der Waals surface area contributed by atoms with Gasteiger partial charge in [-0.3, -0.25) is 24.4 Å². The summed E-state index contributed by atoms with van der Waals surface area (Å²) in [5, 5.41) is 3.50. The Labute approximate surface area is 290 Å². The Morgan fingerprint density at radius 1 is 0.980 bits per heavy atom. The molecule has 1 atom stereocenters. The fourth-order valence-corrected chi connectivity index (χ4v) is 9.72. The summed E-state index contributed by atoms with van der Waals surface area (Å²) in [4.78, 5) is 58.9. The first-order chi connectivity index (χ1) is 23.9. The van der Waals surface area contributed by atoms with E-state index in [2.05, 4.69) is 44.1 Å². The molecule has 1 aromatic heterocycles. The van der Waals surface area contributed by atoms with E-state index in [4.69, 9.17) is 0 Å². The van der Waals surface area contributed by atoms with Gasteiger partial charge in [0.2, 0.25) is 17.7 Å². The van der Waals surface area contributed by atoms with Gasteiger partial charge in [-0.25, -0.2) is 0 Å². The molecule has 6 aliphatic rings. The number of aliphatic imine (C=N–C) groups is 1.